The van der Waals surface area contributed by atoms with E-state index in [0.29, 0.717) is 5.56 Å². The number of amides is 1. The zero-order valence-corrected chi connectivity index (χ0v) is 14.3. The van der Waals surface area contributed by atoms with Gasteiger partial charge in [0.2, 0.25) is 0 Å². The third-order valence-electron chi connectivity index (χ3n) is 4.17. The minimum atomic E-state index is 0.105. The Balaban J connectivity index is 1.72. The van der Waals surface area contributed by atoms with Gasteiger partial charge in [0.15, 0.2) is 0 Å². The number of nitrogens with zero attached hydrogens (tertiary/aromatic N) is 4. The van der Waals surface area contributed by atoms with Gasteiger partial charge in [-0.15, -0.1) is 11.3 Å². The van der Waals surface area contributed by atoms with Crippen molar-refractivity contribution in [1.82, 2.24) is 14.9 Å². The molecular formula is C17H22N4OS. The van der Waals surface area contributed by atoms with E-state index < -0.39 is 0 Å². The first-order chi connectivity index (χ1) is 11.3. The van der Waals surface area contributed by atoms with Crippen LogP contribution in [0.1, 0.15) is 34.6 Å². The summed E-state index contributed by atoms with van der Waals surface area (Å²) in [6.07, 6.45) is 7.86. The second-order valence-corrected chi connectivity index (χ2v) is 6.80. The number of hydrogen-bond acceptors (Lipinski definition) is 5. The lowest BCUT2D eigenvalue weighted by Crippen LogP contribution is -2.37. The van der Waals surface area contributed by atoms with Crippen LogP contribution in [-0.4, -0.2) is 47.5 Å². The van der Waals surface area contributed by atoms with Crippen molar-refractivity contribution in [3.63, 3.8) is 0 Å². The monoisotopic (exact) mass is 330 g/mol. The van der Waals surface area contributed by atoms with E-state index in [9.17, 15) is 4.79 Å². The summed E-state index contributed by atoms with van der Waals surface area (Å²) in [5.74, 6) is 0.869. The standard InChI is InChI=1S/C17H22N4OS/c1-20(12-7-15-18-9-13-23-15)16-14(6-5-8-19-16)17(22)21-10-3-2-4-11-21/h5-6,8-9,13H,2-4,7,10-12H2,1H3. The molecule has 2 aromatic heterocycles. The summed E-state index contributed by atoms with van der Waals surface area (Å²) in [4.78, 5) is 25.6. The van der Waals surface area contributed by atoms with Crippen LogP contribution in [0.2, 0.25) is 0 Å². The summed E-state index contributed by atoms with van der Waals surface area (Å²) in [7, 11) is 1.99. The van der Waals surface area contributed by atoms with Crippen molar-refractivity contribution in [2.24, 2.45) is 0 Å². The molecule has 3 heterocycles. The van der Waals surface area contributed by atoms with Crippen molar-refractivity contribution in [2.45, 2.75) is 25.7 Å². The highest BCUT2D eigenvalue weighted by Crippen LogP contribution is 2.21. The first-order valence-corrected chi connectivity index (χ1v) is 8.97. The third kappa shape index (κ3) is 3.88. The summed E-state index contributed by atoms with van der Waals surface area (Å²) >= 11 is 1.66. The third-order valence-corrected chi connectivity index (χ3v) is 5.01. The summed E-state index contributed by atoms with van der Waals surface area (Å²) < 4.78 is 0. The van der Waals surface area contributed by atoms with Crippen LogP contribution in [-0.2, 0) is 6.42 Å². The number of likely N-dealkylation sites (tertiary alicyclic amines) is 1. The molecule has 0 unspecified atom stereocenters. The van der Waals surface area contributed by atoms with Crippen LogP contribution in [0.15, 0.2) is 29.9 Å². The van der Waals surface area contributed by atoms with Crippen molar-refractivity contribution in [1.29, 1.82) is 0 Å². The van der Waals surface area contributed by atoms with Crippen molar-refractivity contribution in [3.05, 3.63) is 40.5 Å². The second kappa shape index (κ2) is 7.55. The molecule has 23 heavy (non-hydrogen) atoms. The number of rotatable bonds is 5. The van der Waals surface area contributed by atoms with Crippen molar-refractivity contribution < 1.29 is 4.79 Å². The molecule has 5 nitrogen and oxygen atoms in total. The highest BCUT2D eigenvalue weighted by atomic mass is 32.1. The summed E-state index contributed by atoms with van der Waals surface area (Å²) in [5, 5.41) is 3.10. The van der Waals surface area contributed by atoms with Gasteiger partial charge in [-0.25, -0.2) is 9.97 Å². The number of anilines is 1. The molecule has 1 aliphatic heterocycles. The van der Waals surface area contributed by atoms with Gasteiger partial charge >= 0.3 is 0 Å². The van der Waals surface area contributed by atoms with Gasteiger partial charge in [-0.05, 0) is 31.4 Å². The van der Waals surface area contributed by atoms with Crippen LogP contribution in [0, 0.1) is 0 Å². The summed E-state index contributed by atoms with van der Waals surface area (Å²) in [6, 6.07) is 3.73. The molecule has 122 valence electrons. The van der Waals surface area contributed by atoms with E-state index in [1.165, 1.54) is 6.42 Å². The number of carbonyl (C=O) groups is 1. The highest BCUT2D eigenvalue weighted by molar-refractivity contribution is 7.09. The fourth-order valence-electron chi connectivity index (χ4n) is 2.88. The van der Waals surface area contributed by atoms with Crippen LogP contribution < -0.4 is 4.90 Å². The van der Waals surface area contributed by atoms with E-state index in [4.69, 9.17) is 0 Å². The number of aromatic nitrogens is 2. The van der Waals surface area contributed by atoms with E-state index in [0.717, 1.165) is 49.7 Å². The molecule has 0 N–H and O–H groups in total. The molecule has 0 aliphatic carbocycles. The highest BCUT2D eigenvalue weighted by Gasteiger charge is 2.22. The normalized spacial score (nSPS) is 14.7. The SMILES string of the molecule is CN(CCc1nccs1)c1ncccc1C(=O)N1CCCCC1. The lowest BCUT2D eigenvalue weighted by molar-refractivity contribution is 0.0724. The minimum absolute atomic E-state index is 0.105. The molecule has 1 aliphatic rings. The van der Waals surface area contributed by atoms with Gasteiger partial charge in [-0.2, -0.15) is 0 Å². The maximum Gasteiger partial charge on any atom is 0.257 e. The van der Waals surface area contributed by atoms with Gasteiger partial charge < -0.3 is 9.80 Å². The number of piperidine rings is 1. The number of hydrogen-bond donors (Lipinski definition) is 0. The molecule has 0 spiro atoms. The topological polar surface area (TPSA) is 49.3 Å². The number of thiazole rings is 1. The Bertz CT molecular complexity index is 638. The predicted molar refractivity (Wildman–Crippen MR) is 93.1 cm³/mol. The molecule has 1 fully saturated rings. The van der Waals surface area contributed by atoms with E-state index in [-0.39, 0.29) is 5.91 Å². The zero-order chi connectivity index (χ0) is 16.1. The van der Waals surface area contributed by atoms with Gasteiger partial charge in [-0.1, -0.05) is 0 Å². The molecule has 3 rings (SSSR count). The maximum atomic E-state index is 12.8. The van der Waals surface area contributed by atoms with E-state index in [1.807, 2.05) is 35.7 Å². The van der Waals surface area contributed by atoms with Gasteiger partial charge in [0.1, 0.15) is 5.82 Å². The van der Waals surface area contributed by atoms with Crippen LogP contribution >= 0.6 is 11.3 Å². The fourth-order valence-corrected chi connectivity index (χ4v) is 3.49. The van der Waals surface area contributed by atoms with Crippen LogP contribution in [0.3, 0.4) is 0 Å². The molecule has 0 aromatic carbocycles. The molecule has 0 radical (unpaired) electrons. The molecular weight excluding hydrogens is 308 g/mol. The molecule has 0 atom stereocenters. The first-order valence-electron chi connectivity index (χ1n) is 8.09. The predicted octanol–water partition coefficient (Wildman–Crippen LogP) is 2.84. The lowest BCUT2D eigenvalue weighted by atomic mass is 10.1. The van der Waals surface area contributed by atoms with Crippen molar-refractivity contribution in [2.75, 3.05) is 31.6 Å². The Labute approximate surface area is 141 Å². The molecule has 1 amide bonds. The van der Waals surface area contributed by atoms with Crippen molar-refractivity contribution in [3.8, 4) is 0 Å². The van der Waals surface area contributed by atoms with E-state index in [2.05, 4.69) is 14.9 Å². The molecule has 1 saturated heterocycles. The van der Waals surface area contributed by atoms with Crippen molar-refractivity contribution >= 4 is 23.1 Å². The number of pyridine rings is 1. The Kier molecular flexibility index (Phi) is 5.23. The van der Waals surface area contributed by atoms with Crippen LogP contribution in [0.4, 0.5) is 5.82 Å². The van der Waals surface area contributed by atoms with Gasteiger partial charge in [0.05, 0.1) is 10.6 Å². The Morgan fingerprint density at radius 3 is 2.83 bits per heavy atom. The molecule has 6 heteroatoms. The van der Waals surface area contributed by atoms with Crippen LogP contribution in [0.25, 0.3) is 0 Å². The smallest absolute Gasteiger partial charge is 0.257 e. The summed E-state index contributed by atoms with van der Waals surface area (Å²) in [5.41, 5.74) is 0.705. The maximum absolute atomic E-state index is 12.8. The lowest BCUT2D eigenvalue weighted by Gasteiger charge is -2.28. The summed E-state index contributed by atoms with van der Waals surface area (Å²) in [6.45, 7) is 2.51. The van der Waals surface area contributed by atoms with E-state index in [1.54, 1.807) is 17.5 Å². The van der Waals surface area contributed by atoms with E-state index >= 15 is 0 Å². The average Bonchev–Trinajstić information content (AvgIpc) is 3.13. The van der Waals surface area contributed by atoms with Gasteiger partial charge in [0, 0.05) is 50.9 Å². The minimum Gasteiger partial charge on any atom is -0.359 e. The largest absolute Gasteiger partial charge is 0.359 e. The van der Waals surface area contributed by atoms with Crippen LogP contribution in [0.5, 0.6) is 0 Å². The second-order valence-electron chi connectivity index (χ2n) is 5.82. The first kappa shape index (κ1) is 15.9. The Morgan fingerprint density at radius 1 is 1.26 bits per heavy atom. The number of carbonyl (C=O) groups excluding carboxylic acids is 1. The Hall–Kier alpha value is -1.95. The Morgan fingerprint density at radius 2 is 2.09 bits per heavy atom. The number of likely N-dealkylation sites (N-methyl/N-ethyl adjacent to an activating group) is 1. The fraction of sp³-hybridized carbons (Fsp3) is 0.471. The molecule has 2 aromatic rings. The van der Waals surface area contributed by atoms with Gasteiger partial charge in [0.25, 0.3) is 5.91 Å². The zero-order valence-electron chi connectivity index (χ0n) is 13.4. The molecule has 0 bridgehead atoms. The van der Waals surface area contributed by atoms with Gasteiger partial charge in [-0.3, -0.25) is 4.79 Å². The quantitative estimate of drug-likeness (QED) is 0.846. The average molecular weight is 330 g/mol. The molecule has 0 saturated carbocycles.